The molecule has 1 saturated carbocycles. The summed E-state index contributed by atoms with van der Waals surface area (Å²) in [5.41, 5.74) is 5.62. The van der Waals surface area contributed by atoms with Gasteiger partial charge in [0, 0.05) is 6.61 Å². The van der Waals surface area contributed by atoms with Crippen LogP contribution in [0.4, 0.5) is 0 Å². The smallest absolute Gasteiger partial charge is 0.237 e. The number of hydrogen-bond acceptors (Lipinski definition) is 3. The van der Waals surface area contributed by atoms with E-state index in [2.05, 4.69) is 5.32 Å². The van der Waals surface area contributed by atoms with Crippen LogP contribution in [-0.4, -0.2) is 30.7 Å². The van der Waals surface area contributed by atoms with Crippen LogP contribution in [0.1, 0.15) is 26.2 Å². The van der Waals surface area contributed by atoms with E-state index in [9.17, 15) is 4.79 Å². The van der Waals surface area contributed by atoms with Gasteiger partial charge in [-0.1, -0.05) is 0 Å². The van der Waals surface area contributed by atoms with Crippen molar-refractivity contribution in [2.45, 2.75) is 37.8 Å². The summed E-state index contributed by atoms with van der Waals surface area (Å²) in [6.07, 6.45) is 3.08. The van der Waals surface area contributed by atoms with Gasteiger partial charge >= 0.3 is 0 Å². The molecule has 0 bridgehead atoms. The zero-order valence-electron chi connectivity index (χ0n) is 8.58. The highest BCUT2D eigenvalue weighted by molar-refractivity contribution is 5.82. The summed E-state index contributed by atoms with van der Waals surface area (Å²) in [6.45, 7) is 3.35. The van der Waals surface area contributed by atoms with Gasteiger partial charge in [0.25, 0.3) is 0 Å². The van der Waals surface area contributed by atoms with Crippen molar-refractivity contribution in [2.75, 3.05) is 13.2 Å². The average molecular weight is 198 g/mol. The molecule has 0 spiro atoms. The van der Waals surface area contributed by atoms with Gasteiger partial charge in [-0.2, -0.15) is 0 Å². The SMILES string of the molecule is CC1(NC(=O)C(N)C2CC2)CCOC1. The third-order valence-electron chi connectivity index (χ3n) is 3.08. The molecule has 1 aliphatic heterocycles. The Morgan fingerprint density at radius 1 is 1.64 bits per heavy atom. The summed E-state index contributed by atoms with van der Waals surface area (Å²) in [7, 11) is 0. The molecular formula is C10H18N2O2. The highest BCUT2D eigenvalue weighted by atomic mass is 16.5. The standard InChI is InChI=1S/C10H18N2O2/c1-10(4-5-14-6-10)12-9(13)8(11)7-2-3-7/h7-8H,2-6,11H2,1H3,(H,12,13). The third kappa shape index (κ3) is 2.07. The molecule has 2 unspecified atom stereocenters. The minimum atomic E-state index is -0.313. The number of nitrogens with two attached hydrogens (primary N) is 1. The van der Waals surface area contributed by atoms with E-state index in [0.717, 1.165) is 25.9 Å². The fourth-order valence-electron chi connectivity index (χ4n) is 1.82. The topological polar surface area (TPSA) is 64.4 Å². The molecule has 80 valence electrons. The van der Waals surface area contributed by atoms with E-state index in [1.807, 2.05) is 6.92 Å². The number of carbonyl (C=O) groups excluding carboxylic acids is 1. The maximum atomic E-state index is 11.7. The van der Waals surface area contributed by atoms with Crippen LogP contribution in [0.25, 0.3) is 0 Å². The minimum absolute atomic E-state index is 0.0134. The fourth-order valence-corrected chi connectivity index (χ4v) is 1.82. The van der Waals surface area contributed by atoms with Crippen molar-refractivity contribution in [1.82, 2.24) is 5.32 Å². The van der Waals surface area contributed by atoms with Crippen molar-refractivity contribution >= 4 is 5.91 Å². The van der Waals surface area contributed by atoms with Crippen LogP contribution in [0, 0.1) is 5.92 Å². The second-order valence-electron chi connectivity index (χ2n) is 4.72. The number of carbonyl (C=O) groups is 1. The summed E-state index contributed by atoms with van der Waals surface area (Å²) >= 11 is 0. The molecule has 2 aliphatic rings. The Hall–Kier alpha value is -0.610. The number of hydrogen-bond donors (Lipinski definition) is 2. The highest BCUT2D eigenvalue weighted by Crippen LogP contribution is 2.32. The maximum absolute atomic E-state index is 11.7. The number of ether oxygens (including phenoxy) is 1. The first-order valence-electron chi connectivity index (χ1n) is 5.26. The molecule has 3 N–H and O–H groups in total. The van der Waals surface area contributed by atoms with E-state index in [0.29, 0.717) is 12.5 Å². The van der Waals surface area contributed by atoms with Gasteiger partial charge in [-0.05, 0) is 32.1 Å². The fraction of sp³-hybridized carbons (Fsp3) is 0.900. The van der Waals surface area contributed by atoms with Gasteiger partial charge in [0.2, 0.25) is 5.91 Å². The van der Waals surface area contributed by atoms with Crippen LogP contribution in [0.15, 0.2) is 0 Å². The lowest BCUT2D eigenvalue weighted by Gasteiger charge is -2.25. The minimum Gasteiger partial charge on any atom is -0.379 e. The molecule has 0 aromatic rings. The maximum Gasteiger partial charge on any atom is 0.237 e. The molecule has 0 aromatic carbocycles. The van der Waals surface area contributed by atoms with Crippen molar-refractivity contribution in [1.29, 1.82) is 0 Å². The molecule has 2 atom stereocenters. The van der Waals surface area contributed by atoms with Crippen LogP contribution in [-0.2, 0) is 9.53 Å². The van der Waals surface area contributed by atoms with E-state index in [-0.39, 0.29) is 17.5 Å². The van der Waals surface area contributed by atoms with Crippen molar-refractivity contribution in [3.63, 3.8) is 0 Å². The van der Waals surface area contributed by atoms with Gasteiger partial charge < -0.3 is 15.8 Å². The molecule has 1 heterocycles. The summed E-state index contributed by atoms with van der Waals surface area (Å²) in [5, 5.41) is 2.99. The summed E-state index contributed by atoms with van der Waals surface area (Å²) in [6, 6.07) is -0.313. The van der Waals surface area contributed by atoms with Crippen LogP contribution in [0.5, 0.6) is 0 Å². The number of rotatable bonds is 3. The second-order valence-corrected chi connectivity index (χ2v) is 4.72. The number of amides is 1. The Kier molecular flexibility index (Phi) is 2.49. The summed E-state index contributed by atoms with van der Waals surface area (Å²) in [4.78, 5) is 11.7. The van der Waals surface area contributed by atoms with Gasteiger partial charge in [0.05, 0.1) is 18.2 Å². The Morgan fingerprint density at radius 2 is 2.36 bits per heavy atom. The largest absolute Gasteiger partial charge is 0.379 e. The lowest BCUT2D eigenvalue weighted by Crippen LogP contribution is -2.53. The van der Waals surface area contributed by atoms with E-state index >= 15 is 0 Å². The lowest BCUT2D eigenvalue weighted by atomic mass is 10.0. The zero-order valence-corrected chi connectivity index (χ0v) is 8.58. The van der Waals surface area contributed by atoms with Crippen molar-refractivity contribution in [3.8, 4) is 0 Å². The van der Waals surface area contributed by atoms with E-state index in [1.165, 1.54) is 0 Å². The van der Waals surface area contributed by atoms with Gasteiger partial charge in [-0.15, -0.1) is 0 Å². The molecule has 2 fully saturated rings. The predicted molar refractivity (Wildman–Crippen MR) is 52.7 cm³/mol. The van der Waals surface area contributed by atoms with Gasteiger partial charge in [-0.3, -0.25) is 4.79 Å². The van der Waals surface area contributed by atoms with E-state index < -0.39 is 0 Å². The van der Waals surface area contributed by atoms with E-state index in [1.54, 1.807) is 0 Å². The van der Waals surface area contributed by atoms with Crippen molar-refractivity contribution < 1.29 is 9.53 Å². The lowest BCUT2D eigenvalue weighted by molar-refractivity contribution is -0.124. The van der Waals surface area contributed by atoms with Gasteiger partial charge in [0.15, 0.2) is 0 Å². The van der Waals surface area contributed by atoms with Crippen LogP contribution in [0.2, 0.25) is 0 Å². The first-order valence-corrected chi connectivity index (χ1v) is 5.26. The Labute approximate surface area is 84.2 Å². The molecule has 1 aliphatic carbocycles. The molecule has 4 nitrogen and oxygen atoms in total. The molecular weight excluding hydrogens is 180 g/mol. The number of nitrogens with one attached hydrogen (secondary N) is 1. The van der Waals surface area contributed by atoms with Crippen LogP contribution < -0.4 is 11.1 Å². The molecule has 0 aromatic heterocycles. The molecule has 1 saturated heterocycles. The van der Waals surface area contributed by atoms with Crippen LogP contribution in [0.3, 0.4) is 0 Å². The van der Waals surface area contributed by atoms with Crippen LogP contribution >= 0.6 is 0 Å². The van der Waals surface area contributed by atoms with Gasteiger partial charge in [-0.25, -0.2) is 0 Å². The molecule has 1 amide bonds. The molecule has 2 rings (SSSR count). The van der Waals surface area contributed by atoms with Crippen molar-refractivity contribution in [3.05, 3.63) is 0 Å². The predicted octanol–water partition coefficient (Wildman–Crippen LogP) is 0.0189. The second kappa shape index (κ2) is 3.51. The first-order chi connectivity index (χ1) is 6.61. The Balaban J connectivity index is 1.86. The first kappa shape index (κ1) is 9.93. The molecule has 4 heteroatoms. The summed E-state index contributed by atoms with van der Waals surface area (Å²) in [5.74, 6) is 0.404. The molecule has 0 radical (unpaired) electrons. The molecule has 14 heavy (non-hydrogen) atoms. The Bertz CT molecular complexity index is 232. The normalized spacial score (nSPS) is 34.1. The quantitative estimate of drug-likeness (QED) is 0.672. The summed E-state index contributed by atoms with van der Waals surface area (Å²) < 4.78 is 5.26. The monoisotopic (exact) mass is 198 g/mol. The Morgan fingerprint density at radius 3 is 2.86 bits per heavy atom. The average Bonchev–Trinajstić information content (AvgIpc) is 2.89. The van der Waals surface area contributed by atoms with Crippen molar-refractivity contribution in [2.24, 2.45) is 11.7 Å². The zero-order chi connectivity index (χ0) is 10.2. The van der Waals surface area contributed by atoms with Gasteiger partial charge in [0.1, 0.15) is 0 Å². The van der Waals surface area contributed by atoms with E-state index in [4.69, 9.17) is 10.5 Å². The highest BCUT2D eigenvalue weighted by Gasteiger charge is 2.37. The third-order valence-corrected chi connectivity index (χ3v) is 3.08.